The molecule has 2 fully saturated rings. The Bertz CT molecular complexity index is 657. The van der Waals surface area contributed by atoms with Gasteiger partial charge >= 0.3 is 6.03 Å². The van der Waals surface area contributed by atoms with Gasteiger partial charge in [-0.25, -0.2) is 4.79 Å². The molecule has 0 saturated carbocycles. The molecule has 0 bridgehead atoms. The highest BCUT2D eigenvalue weighted by Crippen LogP contribution is 2.20. The van der Waals surface area contributed by atoms with Crippen LogP contribution >= 0.6 is 0 Å². The van der Waals surface area contributed by atoms with Crippen LogP contribution in [-0.2, 0) is 4.79 Å². The van der Waals surface area contributed by atoms with Crippen LogP contribution in [0.1, 0.15) is 15.9 Å². The Balaban J connectivity index is 1.66. The molecule has 2 aliphatic rings. The van der Waals surface area contributed by atoms with Gasteiger partial charge < -0.3 is 10.2 Å². The van der Waals surface area contributed by atoms with Crippen molar-refractivity contribution in [2.24, 2.45) is 0 Å². The summed E-state index contributed by atoms with van der Waals surface area (Å²) in [5, 5.41) is 11.3. The number of nitriles is 1. The van der Waals surface area contributed by atoms with Gasteiger partial charge in [0.2, 0.25) is 5.91 Å². The Morgan fingerprint density at radius 2 is 2.10 bits per heavy atom. The number of urea groups is 1. The Kier molecular flexibility index (Phi) is 3.06. The van der Waals surface area contributed by atoms with Gasteiger partial charge in [-0.2, -0.15) is 5.26 Å². The van der Waals surface area contributed by atoms with Crippen LogP contribution in [0.3, 0.4) is 0 Å². The van der Waals surface area contributed by atoms with E-state index in [1.165, 1.54) is 11.0 Å². The third-order valence-corrected chi connectivity index (χ3v) is 3.63. The zero-order valence-corrected chi connectivity index (χ0v) is 11.1. The Labute approximate surface area is 120 Å². The van der Waals surface area contributed by atoms with E-state index in [-0.39, 0.29) is 24.4 Å². The SMILES string of the molecule is N#Cc1cccc(C(=O)N2CC(N3C(=O)CNC3=O)C2)c1. The van der Waals surface area contributed by atoms with Crippen LogP contribution in [0.2, 0.25) is 0 Å². The van der Waals surface area contributed by atoms with E-state index < -0.39 is 6.03 Å². The van der Waals surface area contributed by atoms with E-state index in [2.05, 4.69) is 5.32 Å². The molecule has 3 rings (SSSR count). The van der Waals surface area contributed by atoms with E-state index in [0.29, 0.717) is 24.2 Å². The van der Waals surface area contributed by atoms with E-state index in [4.69, 9.17) is 5.26 Å². The number of rotatable bonds is 2. The monoisotopic (exact) mass is 284 g/mol. The quantitative estimate of drug-likeness (QED) is 0.769. The van der Waals surface area contributed by atoms with Gasteiger partial charge in [0, 0.05) is 18.7 Å². The standard InChI is InChI=1S/C14H12N4O3/c15-5-9-2-1-3-10(4-9)13(20)17-7-11(8-17)18-12(19)6-16-14(18)21/h1-4,11H,6-8H2,(H,16,21). The first-order valence-corrected chi connectivity index (χ1v) is 6.49. The number of nitrogens with zero attached hydrogens (tertiary/aromatic N) is 3. The van der Waals surface area contributed by atoms with Crippen LogP contribution in [0.15, 0.2) is 24.3 Å². The lowest BCUT2D eigenvalue weighted by atomic mass is 10.0. The second-order valence-corrected chi connectivity index (χ2v) is 4.98. The first-order chi connectivity index (χ1) is 10.1. The number of carbonyl (C=O) groups is 3. The number of amides is 4. The number of hydrogen-bond donors (Lipinski definition) is 1. The lowest BCUT2D eigenvalue weighted by Crippen LogP contribution is -2.62. The summed E-state index contributed by atoms with van der Waals surface area (Å²) >= 11 is 0. The third kappa shape index (κ3) is 2.21. The van der Waals surface area contributed by atoms with E-state index in [1.807, 2.05) is 6.07 Å². The smallest absolute Gasteiger partial charge is 0.324 e. The van der Waals surface area contributed by atoms with Crippen LogP contribution in [0.25, 0.3) is 0 Å². The fraction of sp³-hybridized carbons (Fsp3) is 0.286. The van der Waals surface area contributed by atoms with Gasteiger partial charge in [0.25, 0.3) is 5.91 Å². The van der Waals surface area contributed by atoms with Crippen molar-refractivity contribution in [1.29, 1.82) is 5.26 Å². The molecule has 7 nitrogen and oxygen atoms in total. The molecule has 1 aromatic rings. The molecular formula is C14H12N4O3. The Morgan fingerprint density at radius 3 is 2.71 bits per heavy atom. The highest BCUT2D eigenvalue weighted by molar-refractivity contribution is 6.03. The first-order valence-electron chi connectivity index (χ1n) is 6.49. The van der Waals surface area contributed by atoms with Crippen molar-refractivity contribution in [2.45, 2.75) is 6.04 Å². The minimum Gasteiger partial charge on any atom is -0.334 e. The summed E-state index contributed by atoms with van der Waals surface area (Å²) in [5.41, 5.74) is 0.858. The molecule has 4 amide bonds. The lowest BCUT2D eigenvalue weighted by molar-refractivity contribution is -0.128. The molecule has 0 spiro atoms. The Hall–Kier alpha value is -2.88. The molecule has 0 radical (unpaired) electrons. The van der Waals surface area contributed by atoms with Crippen LogP contribution in [0.5, 0.6) is 0 Å². The van der Waals surface area contributed by atoms with Crippen molar-refractivity contribution in [2.75, 3.05) is 19.6 Å². The molecule has 1 N–H and O–H groups in total. The van der Waals surface area contributed by atoms with Crippen molar-refractivity contribution >= 4 is 17.8 Å². The molecule has 2 heterocycles. The first kappa shape index (κ1) is 13.1. The number of benzene rings is 1. The van der Waals surface area contributed by atoms with Crippen molar-refractivity contribution < 1.29 is 14.4 Å². The average Bonchev–Trinajstić information content (AvgIpc) is 2.78. The molecular weight excluding hydrogens is 272 g/mol. The zero-order chi connectivity index (χ0) is 15.0. The van der Waals surface area contributed by atoms with Crippen molar-refractivity contribution in [3.05, 3.63) is 35.4 Å². The number of hydrogen-bond acceptors (Lipinski definition) is 4. The number of imide groups is 1. The average molecular weight is 284 g/mol. The fourth-order valence-corrected chi connectivity index (χ4v) is 2.49. The second-order valence-electron chi connectivity index (χ2n) is 4.98. The second kappa shape index (κ2) is 4.90. The summed E-state index contributed by atoms with van der Waals surface area (Å²) in [6, 6.07) is 7.78. The van der Waals surface area contributed by atoms with Gasteiger partial charge in [-0.1, -0.05) is 6.07 Å². The molecule has 21 heavy (non-hydrogen) atoms. The summed E-state index contributed by atoms with van der Waals surface area (Å²) < 4.78 is 0. The predicted octanol–water partition coefficient (Wildman–Crippen LogP) is -0.0655. The van der Waals surface area contributed by atoms with E-state index in [1.54, 1.807) is 23.1 Å². The normalized spacial score (nSPS) is 18.2. The van der Waals surface area contributed by atoms with E-state index >= 15 is 0 Å². The molecule has 0 atom stereocenters. The minimum absolute atomic E-state index is 0.0213. The number of carbonyl (C=O) groups excluding carboxylic acids is 3. The highest BCUT2D eigenvalue weighted by atomic mass is 16.2. The number of nitrogens with one attached hydrogen (secondary N) is 1. The molecule has 1 aromatic carbocycles. The predicted molar refractivity (Wildman–Crippen MR) is 71.1 cm³/mol. The van der Waals surface area contributed by atoms with Gasteiger partial charge in [-0.3, -0.25) is 14.5 Å². The lowest BCUT2D eigenvalue weighted by Gasteiger charge is -2.42. The third-order valence-electron chi connectivity index (χ3n) is 3.63. The Morgan fingerprint density at radius 1 is 1.33 bits per heavy atom. The van der Waals surface area contributed by atoms with E-state index in [0.717, 1.165) is 0 Å². The zero-order valence-electron chi connectivity index (χ0n) is 11.1. The molecule has 2 saturated heterocycles. The minimum atomic E-state index is -0.399. The molecule has 2 aliphatic heterocycles. The molecule has 0 unspecified atom stereocenters. The maximum Gasteiger partial charge on any atom is 0.324 e. The summed E-state index contributed by atoms with van der Waals surface area (Å²) in [6.07, 6.45) is 0. The fourth-order valence-electron chi connectivity index (χ4n) is 2.49. The largest absolute Gasteiger partial charge is 0.334 e. The van der Waals surface area contributed by atoms with Gasteiger partial charge in [-0.15, -0.1) is 0 Å². The van der Waals surface area contributed by atoms with Gasteiger partial charge in [0.15, 0.2) is 0 Å². The molecule has 106 valence electrons. The van der Waals surface area contributed by atoms with E-state index in [9.17, 15) is 14.4 Å². The summed E-state index contributed by atoms with van der Waals surface area (Å²) in [4.78, 5) is 38.0. The van der Waals surface area contributed by atoms with Crippen LogP contribution in [0, 0.1) is 11.3 Å². The summed E-state index contributed by atoms with van der Waals surface area (Å²) in [6.45, 7) is 0.678. The van der Waals surface area contributed by atoms with Crippen LogP contribution in [-0.4, -0.2) is 53.3 Å². The summed E-state index contributed by atoms with van der Waals surface area (Å²) in [7, 11) is 0. The van der Waals surface area contributed by atoms with Crippen LogP contribution < -0.4 is 5.32 Å². The van der Waals surface area contributed by atoms with Crippen molar-refractivity contribution in [1.82, 2.24) is 15.1 Å². The maximum atomic E-state index is 12.2. The van der Waals surface area contributed by atoms with Crippen molar-refractivity contribution in [3.63, 3.8) is 0 Å². The summed E-state index contributed by atoms with van der Waals surface area (Å²) in [5.74, 6) is -0.459. The molecule has 7 heteroatoms. The number of likely N-dealkylation sites (tertiary alicyclic amines) is 1. The van der Waals surface area contributed by atoms with Gasteiger partial charge in [0.1, 0.15) is 0 Å². The maximum absolute atomic E-state index is 12.2. The molecule has 0 aromatic heterocycles. The van der Waals surface area contributed by atoms with Gasteiger partial charge in [0.05, 0.1) is 24.2 Å². The van der Waals surface area contributed by atoms with Gasteiger partial charge in [-0.05, 0) is 18.2 Å². The topological polar surface area (TPSA) is 93.5 Å². The van der Waals surface area contributed by atoms with Crippen LogP contribution in [0.4, 0.5) is 4.79 Å². The highest BCUT2D eigenvalue weighted by Gasteiger charge is 2.43. The van der Waals surface area contributed by atoms with Crippen molar-refractivity contribution in [3.8, 4) is 6.07 Å². The molecule has 0 aliphatic carbocycles.